The number of aryl methyl sites for hydroxylation is 1. The number of aromatic nitrogens is 5. The number of rotatable bonds is 4. The van der Waals surface area contributed by atoms with Crippen LogP contribution in [-0.4, -0.2) is 55.6 Å². The summed E-state index contributed by atoms with van der Waals surface area (Å²) in [6.45, 7) is 2.41. The van der Waals surface area contributed by atoms with Gasteiger partial charge in [0.1, 0.15) is 5.82 Å². The molecule has 0 radical (unpaired) electrons. The number of carbonyl (C=O) groups excluding carboxylic acids is 1. The van der Waals surface area contributed by atoms with Crippen LogP contribution in [0.15, 0.2) is 30.5 Å². The van der Waals surface area contributed by atoms with Gasteiger partial charge in [0.25, 0.3) is 0 Å². The van der Waals surface area contributed by atoms with E-state index in [2.05, 4.69) is 30.6 Å². The number of anilines is 1. The number of pyridine rings is 1. The van der Waals surface area contributed by atoms with E-state index in [1.807, 2.05) is 24.3 Å². The number of fused-ring (bicyclic) bond motifs is 1. The van der Waals surface area contributed by atoms with Crippen LogP contribution in [0.3, 0.4) is 0 Å². The van der Waals surface area contributed by atoms with Crippen LogP contribution < -0.4 is 5.32 Å². The minimum Gasteiger partial charge on any atom is -0.310 e. The summed E-state index contributed by atoms with van der Waals surface area (Å²) in [4.78, 5) is 20.1. The first-order valence-electron chi connectivity index (χ1n) is 8.34. The molecule has 2 aromatic heterocycles. The summed E-state index contributed by atoms with van der Waals surface area (Å²) >= 11 is 0. The number of nitrogens with one attached hydrogen (secondary N) is 1. The molecule has 1 N–H and O–H groups in total. The van der Waals surface area contributed by atoms with Crippen molar-refractivity contribution in [1.82, 2.24) is 30.1 Å². The minimum atomic E-state index is -0.0273. The molecular formula is C17H19N7O. The van der Waals surface area contributed by atoms with Gasteiger partial charge in [0, 0.05) is 17.1 Å². The van der Waals surface area contributed by atoms with Gasteiger partial charge in [-0.1, -0.05) is 12.1 Å². The van der Waals surface area contributed by atoms with Gasteiger partial charge in [-0.15, -0.1) is 10.2 Å². The Hall–Kier alpha value is -2.87. The molecule has 3 aromatic rings. The fourth-order valence-corrected chi connectivity index (χ4v) is 3.07. The van der Waals surface area contributed by atoms with E-state index >= 15 is 0 Å². The molecule has 4 rings (SSSR count). The van der Waals surface area contributed by atoms with Crippen LogP contribution in [0, 0.1) is 0 Å². The topological polar surface area (TPSA) is 88.8 Å². The van der Waals surface area contributed by atoms with E-state index in [4.69, 9.17) is 0 Å². The third-order valence-electron chi connectivity index (χ3n) is 4.32. The van der Waals surface area contributed by atoms with Crippen LogP contribution in [0.1, 0.15) is 12.8 Å². The van der Waals surface area contributed by atoms with Crippen molar-refractivity contribution in [3.05, 3.63) is 30.5 Å². The molecule has 1 fully saturated rings. The monoisotopic (exact) mass is 337 g/mol. The fourth-order valence-electron chi connectivity index (χ4n) is 3.07. The highest BCUT2D eigenvalue weighted by atomic mass is 16.2. The molecule has 0 spiro atoms. The van der Waals surface area contributed by atoms with Gasteiger partial charge >= 0.3 is 0 Å². The average molecular weight is 337 g/mol. The highest BCUT2D eigenvalue weighted by Crippen LogP contribution is 2.23. The van der Waals surface area contributed by atoms with Gasteiger partial charge in [-0.25, -0.2) is 4.98 Å². The van der Waals surface area contributed by atoms with E-state index in [9.17, 15) is 4.79 Å². The molecule has 0 bridgehead atoms. The Morgan fingerprint density at radius 2 is 2.04 bits per heavy atom. The molecule has 1 saturated heterocycles. The predicted molar refractivity (Wildman–Crippen MR) is 93.8 cm³/mol. The molecule has 1 aliphatic rings. The number of nitrogens with zero attached hydrogens (tertiary/aromatic N) is 6. The molecule has 8 heteroatoms. The van der Waals surface area contributed by atoms with Crippen molar-refractivity contribution in [1.29, 1.82) is 0 Å². The number of carbonyl (C=O) groups is 1. The molecule has 3 heterocycles. The number of tetrazole rings is 1. The van der Waals surface area contributed by atoms with Crippen LogP contribution in [0.2, 0.25) is 0 Å². The second-order valence-electron chi connectivity index (χ2n) is 6.27. The molecular weight excluding hydrogens is 318 g/mol. The van der Waals surface area contributed by atoms with Crippen molar-refractivity contribution < 1.29 is 4.79 Å². The number of hydrogen-bond acceptors (Lipinski definition) is 6. The highest BCUT2D eigenvalue weighted by molar-refractivity contribution is 5.94. The molecule has 1 aliphatic heterocycles. The Bertz CT molecular complexity index is 914. The van der Waals surface area contributed by atoms with E-state index in [1.54, 1.807) is 13.2 Å². The maximum atomic E-state index is 12.2. The largest absolute Gasteiger partial charge is 0.310 e. The van der Waals surface area contributed by atoms with Crippen LogP contribution in [0.5, 0.6) is 0 Å². The third kappa shape index (κ3) is 3.48. The van der Waals surface area contributed by atoms with E-state index < -0.39 is 0 Å². The van der Waals surface area contributed by atoms with Gasteiger partial charge in [-0.2, -0.15) is 4.80 Å². The average Bonchev–Trinajstić information content (AvgIpc) is 3.26. The van der Waals surface area contributed by atoms with Crippen LogP contribution in [0.25, 0.3) is 22.2 Å². The second kappa shape index (κ2) is 6.56. The smallest absolute Gasteiger partial charge is 0.239 e. The van der Waals surface area contributed by atoms with Crippen molar-refractivity contribution in [3.8, 4) is 11.4 Å². The molecule has 25 heavy (non-hydrogen) atoms. The molecule has 0 saturated carbocycles. The Kier molecular flexibility index (Phi) is 4.10. The summed E-state index contributed by atoms with van der Waals surface area (Å²) in [7, 11) is 1.73. The number of benzene rings is 1. The van der Waals surface area contributed by atoms with Crippen molar-refractivity contribution in [2.75, 3.05) is 25.0 Å². The Morgan fingerprint density at radius 1 is 1.20 bits per heavy atom. The zero-order valence-electron chi connectivity index (χ0n) is 14.0. The molecule has 1 aromatic carbocycles. The number of hydrogen-bond donors (Lipinski definition) is 1. The summed E-state index contributed by atoms with van der Waals surface area (Å²) in [5.74, 6) is 1.10. The van der Waals surface area contributed by atoms with Crippen LogP contribution in [0.4, 0.5) is 5.82 Å². The molecule has 8 nitrogen and oxygen atoms in total. The van der Waals surface area contributed by atoms with Gasteiger partial charge in [-0.3, -0.25) is 9.69 Å². The minimum absolute atomic E-state index is 0.0273. The highest BCUT2D eigenvalue weighted by Gasteiger charge is 2.15. The summed E-state index contributed by atoms with van der Waals surface area (Å²) < 4.78 is 0. The van der Waals surface area contributed by atoms with Crippen molar-refractivity contribution in [2.24, 2.45) is 7.05 Å². The fraction of sp³-hybridized carbons (Fsp3) is 0.353. The third-order valence-corrected chi connectivity index (χ3v) is 4.32. The van der Waals surface area contributed by atoms with Crippen LogP contribution >= 0.6 is 0 Å². The van der Waals surface area contributed by atoms with Crippen molar-refractivity contribution in [2.45, 2.75) is 12.8 Å². The number of likely N-dealkylation sites (tertiary alicyclic amines) is 1. The van der Waals surface area contributed by atoms with Gasteiger partial charge in [-0.05, 0) is 48.7 Å². The maximum absolute atomic E-state index is 12.2. The first-order valence-corrected chi connectivity index (χ1v) is 8.34. The lowest BCUT2D eigenvalue weighted by Gasteiger charge is -2.13. The lowest BCUT2D eigenvalue weighted by molar-refractivity contribution is -0.117. The molecule has 0 aliphatic carbocycles. The summed E-state index contributed by atoms with van der Waals surface area (Å²) in [6.07, 6.45) is 4.09. The SMILES string of the molecule is Cn1nnc(-c2ccc3cnc(NC(=O)CN4CCCC4)cc3c2)n1. The first-order chi connectivity index (χ1) is 12.2. The van der Waals surface area contributed by atoms with Gasteiger partial charge in [0.15, 0.2) is 0 Å². The van der Waals surface area contributed by atoms with Gasteiger partial charge in [0.2, 0.25) is 11.7 Å². The zero-order valence-corrected chi connectivity index (χ0v) is 14.0. The van der Waals surface area contributed by atoms with Gasteiger partial charge < -0.3 is 5.32 Å². The summed E-state index contributed by atoms with van der Waals surface area (Å²) in [6, 6.07) is 7.75. The normalized spacial score (nSPS) is 14.9. The maximum Gasteiger partial charge on any atom is 0.239 e. The molecule has 128 valence electrons. The van der Waals surface area contributed by atoms with Crippen LogP contribution in [-0.2, 0) is 11.8 Å². The van der Waals surface area contributed by atoms with E-state index in [0.717, 1.165) is 29.4 Å². The Balaban J connectivity index is 1.54. The number of amides is 1. The summed E-state index contributed by atoms with van der Waals surface area (Å²) in [5.41, 5.74) is 0.876. The Labute approximate surface area is 144 Å². The second-order valence-corrected chi connectivity index (χ2v) is 6.27. The quantitative estimate of drug-likeness (QED) is 0.775. The lowest BCUT2D eigenvalue weighted by atomic mass is 10.1. The van der Waals surface area contributed by atoms with E-state index in [-0.39, 0.29) is 5.91 Å². The van der Waals surface area contributed by atoms with Crippen molar-refractivity contribution in [3.63, 3.8) is 0 Å². The molecule has 1 amide bonds. The predicted octanol–water partition coefficient (Wildman–Crippen LogP) is 1.46. The van der Waals surface area contributed by atoms with Gasteiger partial charge in [0.05, 0.1) is 13.6 Å². The molecule has 0 atom stereocenters. The zero-order chi connectivity index (χ0) is 17.2. The summed E-state index contributed by atoms with van der Waals surface area (Å²) in [5, 5.41) is 17.0. The standard InChI is InChI=1S/C17H19N7O/c1-23-21-17(20-22-23)12-4-5-13-10-18-15(9-14(13)8-12)19-16(25)11-24-6-2-3-7-24/h4-5,8-10H,2-3,6-7,11H2,1H3,(H,18,19,25). The van der Waals surface area contributed by atoms with Crippen molar-refractivity contribution >= 4 is 22.5 Å². The molecule has 0 unspecified atom stereocenters. The van der Waals surface area contributed by atoms with E-state index in [1.165, 1.54) is 17.6 Å². The lowest BCUT2D eigenvalue weighted by Crippen LogP contribution is -2.31. The van der Waals surface area contributed by atoms with E-state index in [0.29, 0.717) is 18.2 Å². The first kappa shape index (κ1) is 15.6. The Morgan fingerprint density at radius 3 is 2.80 bits per heavy atom.